The van der Waals surface area contributed by atoms with Gasteiger partial charge in [0.1, 0.15) is 0 Å². The van der Waals surface area contributed by atoms with Crippen LogP contribution in [0.15, 0.2) is 46.8 Å². The molecular formula is C24H27N3O2S2. The predicted molar refractivity (Wildman–Crippen MR) is 129 cm³/mol. The van der Waals surface area contributed by atoms with Crippen molar-refractivity contribution < 1.29 is 9.59 Å². The topological polar surface area (TPSA) is 62.3 Å². The van der Waals surface area contributed by atoms with E-state index in [2.05, 4.69) is 24.1 Å². The number of thioether (sulfide) groups is 1. The van der Waals surface area contributed by atoms with E-state index in [1.54, 1.807) is 11.3 Å². The number of nitrogens with one attached hydrogen (secondary N) is 1. The average Bonchev–Trinajstić information content (AvgIpc) is 3.16. The van der Waals surface area contributed by atoms with Gasteiger partial charge in [0.25, 0.3) is 5.91 Å². The Bertz CT molecular complexity index is 1070. The standard InChI is InChI=1S/C24H27N3O2S2/c1-15-10-16(2)13-27(12-15)23(29)18-9-8-17(3)20(11-18)25-22(28)14-30-24-26-19-6-4-5-7-21(19)31-24/h4-9,11,15-16H,10,12-14H2,1-3H3,(H,25,28). The number of benzene rings is 2. The van der Waals surface area contributed by atoms with Gasteiger partial charge in [-0.2, -0.15) is 0 Å². The Hall–Kier alpha value is -2.38. The van der Waals surface area contributed by atoms with Gasteiger partial charge < -0.3 is 10.2 Å². The minimum atomic E-state index is -0.0998. The van der Waals surface area contributed by atoms with E-state index in [1.807, 2.05) is 54.3 Å². The number of fused-ring (bicyclic) bond motifs is 1. The first-order valence-corrected chi connectivity index (χ1v) is 12.4. The largest absolute Gasteiger partial charge is 0.338 e. The molecule has 1 N–H and O–H groups in total. The second-order valence-electron chi connectivity index (χ2n) is 8.47. The molecule has 0 spiro atoms. The highest BCUT2D eigenvalue weighted by Crippen LogP contribution is 2.29. The highest BCUT2D eigenvalue weighted by atomic mass is 32.2. The van der Waals surface area contributed by atoms with E-state index in [1.165, 1.54) is 11.8 Å². The fraction of sp³-hybridized carbons (Fsp3) is 0.375. The van der Waals surface area contributed by atoms with Crippen LogP contribution in [0, 0.1) is 18.8 Å². The van der Waals surface area contributed by atoms with Gasteiger partial charge in [-0.15, -0.1) is 11.3 Å². The number of likely N-dealkylation sites (tertiary alicyclic amines) is 1. The zero-order valence-electron chi connectivity index (χ0n) is 18.1. The normalized spacial score (nSPS) is 18.9. The summed E-state index contributed by atoms with van der Waals surface area (Å²) in [5, 5.41) is 2.98. The number of aromatic nitrogens is 1. The summed E-state index contributed by atoms with van der Waals surface area (Å²) in [5.41, 5.74) is 3.22. The number of hydrogen-bond donors (Lipinski definition) is 1. The number of carbonyl (C=O) groups is 2. The van der Waals surface area contributed by atoms with Crippen LogP contribution in [0.3, 0.4) is 0 Å². The lowest BCUT2D eigenvalue weighted by molar-refractivity contribution is -0.113. The number of nitrogens with zero attached hydrogens (tertiary/aromatic N) is 2. The van der Waals surface area contributed by atoms with Gasteiger partial charge in [-0.05, 0) is 55.0 Å². The van der Waals surface area contributed by atoms with Crippen LogP contribution >= 0.6 is 23.1 Å². The van der Waals surface area contributed by atoms with Crippen LogP contribution in [0.4, 0.5) is 5.69 Å². The Balaban J connectivity index is 1.40. The number of para-hydroxylation sites is 1. The van der Waals surface area contributed by atoms with Gasteiger partial charge in [0.05, 0.1) is 16.0 Å². The molecule has 1 aromatic heterocycles. The average molecular weight is 454 g/mol. The number of thiazole rings is 1. The van der Waals surface area contributed by atoms with Crippen LogP contribution in [0.25, 0.3) is 10.2 Å². The fourth-order valence-electron chi connectivity index (χ4n) is 4.13. The highest BCUT2D eigenvalue weighted by Gasteiger charge is 2.26. The Labute approximate surface area is 191 Å². The van der Waals surface area contributed by atoms with Gasteiger partial charge in [0.2, 0.25) is 5.91 Å². The quantitative estimate of drug-likeness (QED) is 0.522. The molecule has 0 radical (unpaired) electrons. The Morgan fingerprint density at radius 3 is 2.65 bits per heavy atom. The van der Waals surface area contributed by atoms with Crippen molar-refractivity contribution in [2.75, 3.05) is 24.2 Å². The Morgan fingerprint density at radius 2 is 1.90 bits per heavy atom. The number of hydrogen-bond acceptors (Lipinski definition) is 5. The van der Waals surface area contributed by atoms with E-state index < -0.39 is 0 Å². The Morgan fingerprint density at radius 1 is 1.16 bits per heavy atom. The third kappa shape index (κ3) is 5.28. The minimum Gasteiger partial charge on any atom is -0.338 e. The summed E-state index contributed by atoms with van der Waals surface area (Å²) in [7, 11) is 0. The van der Waals surface area contributed by atoms with Crippen molar-refractivity contribution in [3.63, 3.8) is 0 Å². The summed E-state index contributed by atoms with van der Waals surface area (Å²) in [6.45, 7) is 7.91. The number of carbonyl (C=O) groups excluding carboxylic acids is 2. The number of rotatable bonds is 5. The maximum Gasteiger partial charge on any atom is 0.253 e. The first kappa shape index (κ1) is 21.8. The summed E-state index contributed by atoms with van der Waals surface area (Å²) >= 11 is 3.03. The van der Waals surface area contributed by atoms with E-state index in [0.717, 1.165) is 39.6 Å². The summed E-state index contributed by atoms with van der Waals surface area (Å²) in [6.07, 6.45) is 1.16. The fourth-order valence-corrected chi connectivity index (χ4v) is 6.00. The number of aryl methyl sites for hydroxylation is 1. The molecule has 1 aliphatic rings. The highest BCUT2D eigenvalue weighted by molar-refractivity contribution is 8.01. The van der Waals surface area contributed by atoms with Crippen molar-refractivity contribution in [3.05, 3.63) is 53.6 Å². The lowest BCUT2D eigenvalue weighted by Gasteiger charge is -2.35. The number of piperidine rings is 1. The molecule has 31 heavy (non-hydrogen) atoms. The number of amides is 2. The molecule has 4 rings (SSSR count). The molecule has 2 amide bonds. The van der Waals surface area contributed by atoms with E-state index in [0.29, 0.717) is 23.1 Å². The zero-order valence-corrected chi connectivity index (χ0v) is 19.7. The smallest absolute Gasteiger partial charge is 0.253 e. The Kier molecular flexibility index (Phi) is 6.62. The van der Waals surface area contributed by atoms with Crippen molar-refractivity contribution in [2.24, 2.45) is 11.8 Å². The summed E-state index contributed by atoms with van der Waals surface area (Å²) in [5.74, 6) is 1.24. The third-order valence-corrected chi connectivity index (χ3v) is 7.70. The molecule has 2 unspecified atom stereocenters. The zero-order chi connectivity index (χ0) is 22.0. The molecule has 0 aliphatic carbocycles. The monoisotopic (exact) mass is 453 g/mol. The van der Waals surface area contributed by atoms with E-state index in [9.17, 15) is 9.59 Å². The van der Waals surface area contributed by atoms with Crippen molar-refractivity contribution in [2.45, 2.75) is 31.5 Å². The molecule has 1 saturated heterocycles. The summed E-state index contributed by atoms with van der Waals surface area (Å²) in [4.78, 5) is 32.1. The summed E-state index contributed by atoms with van der Waals surface area (Å²) < 4.78 is 2.00. The third-order valence-electron chi connectivity index (χ3n) is 5.52. The van der Waals surface area contributed by atoms with Crippen molar-refractivity contribution in [3.8, 4) is 0 Å². The van der Waals surface area contributed by atoms with Crippen LogP contribution in [-0.4, -0.2) is 40.5 Å². The minimum absolute atomic E-state index is 0.0396. The lowest BCUT2D eigenvalue weighted by atomic mass is 9.91. The first-order valence-electron chi connectivity index (χ1n) is 10.6. The molecule has 0 bridgehead atoms. The SMILES string of the molecule is Cc1ccc(C(=O)N2CC(C)CC(C)C2)cc1NC(=O)CSc1nc2ccccc2s1. The van der Waals surface area contributed by atoms with Gasteiger partial charge in [0, 0.05) is 24.3 Å². The molecular weight excluding hydrogens is 426 g/mol. The van der Waals surface area contributed by atoms with Gasteiger partial charge in [0.15, 0.2) is 4.34 Å². The van der Waals surface area contributed by atoms with Crippen LogP contribution in [0.5, 0.6) is 0 Å². The van der Waals surface area contributed by atoms with Gasteiger partial charge in [-0.1, -0.05) is 43.8 Å². The molecule has 2 atom stereocenters. The molecule has 1 aliphatic heterocycles. The molecule has 5 nitrogen and oxygen atoms in total. The molecule has 7 heteroatoms. The molecule has 1 fully saturated rings. The van der Waals surface area contributed by atoms with E-state index in [-0.39, 0.29) is 17.6 Å². The second kappa shape index (κ2) is 9.40. The molecule has 2 heterocycles. The maximum absolute atomic E-state index is 13.0. The first-order chi connectivity index (χ1) is 14.9. The van der Waals surface area contributed by atoms with Crippen molar-refractivity contribution in [1.29, 1.82) is 0 Å². The second-order valence-corrected chi connectivity index (χ2v) is 10.7. The van der Waals surface area contributed by atoms with E-state index >= 15 is 0 Å². The molecule has 2 aromatic carbocycles. The van der Waals surface area contributed by atoms with Crippen LogP contribution in [0.1, 0.15) is 36.2 Å². The van der Waals surface area contributed by atoms with Crippen LogP contribution in [0.2, 0.25) is 0 Å². The molecule has 3 aromatic rings. The van der Waals surface area contributed by atoms with Gasteiger partial charge >= 0.3 is 0 Å². The van der Waals surface area contributed by atoms with Gasteiger partial charge in [-0.3, -0.25) is 9.59 Å². The van der Waals surface area contributed by atoms with E-state index in [4.69, 9.17) is 0 Å². The van der Waals surface area contributed by atoms with Crippen molar-refractivity contribution >= 4 is 50.8 Å². The maximum atomic E-state index is 13.0. The van der Waals surface area contributed by atoms with Crippen LogP contribution in [-0.2, 0) is 4.79 Å². The predicted octanol–water partition coefficient (Wildman–Crippen LogP) is 5.45. The van der Waals surface area contributed by atoms with Crippen molar-refractivity contribution in [1.82, 2.24) is 9.88 Å². The molecule has 0 saturated carbocycles. The molecule has 162 valence electrons. The summed E-state index contributed by atoms with van der Waals surface area (Å²) in [6, 6.07) is 13.5. The van der Waals surface area contributed by atoms with Gasteiger partial charge in [-0.25, -0.2) is 4.98 Å². The van der Waals surface area contributed by atoms with Crippen LogP contribution < -0.4 is 5.32 Å². The number of anilines is 1. The lowest BCUT2D eigenvalue weighted by Crippen LogP contribution is -2.42.